The molecule has 4 atom stereocenters. The highest BCUT2D eigenvalue weighted by atomic mass is 16.6. The SMILES string of the molecule is CC[C@H](C)C([C@@H](CC(=O)OC(C)(C)C)OC)N(C)C(=O)[C@@H](N)C(C)C. The Morgan fingerprint density at radius 3 is 2.04 bits per heavy atom. The minimum absolute atomic E-state index is 0.0411. The van der Waals surface area contributed by atoms with Crippen LogP contribution in [0.3, 0.4) is 0 Å². The van der Waals surface area contributed by atoms with Crippen LogP contribution in [0.2, 0.25) is 0 Å². The second-order valence-electron chi connectivity index (χ2n) is 8.16. The maximum atomic E-state index is 12.7. The van der Waals surface area contributed by atoms with Gasteiger partial charge in [0, 0.05) is 14.2 Å². The van der Waals surface area contributed by atoms with Gasteiger partial charge in [0.15, 0.2) is 0 Å². The van der Waals surface area contributed by atoms with Gasteiger partial charge in [-0.05, 0) is 32.6 Å². The Morgan fingerprint density at radius 1 is 1.16 bits per heavy atom. The monoisotopic (exact) mass is 358 g/mol. The standard InChI is InChI=1S/C19H38N2O4/c1-10-13(4)17(21(8)18(23)16(20)12(2)3)14(24-9)11-15(22)25-19(5,6)7/h12-14,16-17H,10-11,20H2,1-9H3/t13-,14+,16-,17?/m0/s1. The van der Waals surface area contributed by atoms with Crippen LogP contribution in [0.15, 0.2) is 0 Å². The van der Waals surface area contributed by atoms with Crippen LogP contribution in [0, 0.1) is 11.8 Å². The van der Waals surface area contributed by atoms with Gasteiger partial charge in [0.25, 0.3) is 0 Å². The molecule has 0 rings (SSSR count). The molecule has 0 radical (unpaired) electrons. The Morgan fingerprint density at radius 2 is 1.68 bits per heavy atom. The molecule has 0 aromatic carbocycles. The van der Waals surface area contributed by atoms with Gasteiger partial charge in [-0.1, -0.05) is 34.1 Å². The van der Waals surface area contributed by atoms with Gasteiger partial charge in [-0.2, -0.15) is 0 Å². The Hall–Kier alpha value is -1.14. The normalized spacial score (nSPS) is 16.9. The van der Waals surface area contributed by atoms with E-state index in [0.29, 0.717) is 0 Å². The molecule has 6 heteroatoms. The van der Waals surface area contributed by atoms with E-state index in [4.69, 9.17) is 15.2 Å². The number of nitrogens with zero attached hydrogens (tertiary/aromatic N) is 1. The molecule has 0 aliphatic rings. The van der Waals surface area contributed by atoms with Crippen molar-refractivity contribution in [1.29, 1.82) is 0 Å². The van der Waals surface area contributed by atoms with Crippen molar-refractivity contribution in [3.8, 4) is 0 Å². The first-order valence-electron chi connectivity index (χ1n) is 9.12. The van der Waals surface area contributed by atoms with Crippen molar-refractivity contribution in [2.45, 2.75) is 85.1 Å². The second kappa shape index (κ2) is 10.1. The van der Waals surface area contributed by atoms with Gasteiger partial charge >= 0.3 is 5.97 Å². The highest BCUT2D eigenvalue weighted by Gasteiger charge is 2.36. The largest absolute Gasteiger partial charge is 0.460 e. The molecule has 6 nitrogen and oxygen atoms in total. The first kappa shape index (κ1) is 23.9. The summed E-state index contributed by atoms with van der Waals surface area (Å²) in [5, 5.41) is 0. The van der Waals surface area contributed by atoms with Gasteiger partial charge in [-0.15, -0.1) is 0 Å². The summed E-state index contributed by atoms with van der Waals surface area (Å²) in [5.41, 5.74) is 5.49. The number of hydrogen-bond donors (Lipinski definition) is 1. The average molecular weight is 359 g/mol. The molecule has 2 N–H and O–H groups in total. The zero-order valence-corrected chi connectivity index (χ0v) is 17.5. The van der Waals surface area contributed by atoms with E-state index in [2.05, 4.69) is 13.8 Å². The van der Waals surface area contributed by atoms with E-state index >= 15 is 0 Å². The second-order valence-corrected chi connectivity index (χ2v) is 8.16. The van der Waals surface area contributed by atoms with E-state index in [1.54, 1.807) is 19.1 Å². The van der Waals surface area contributed by atoms with Gasteiger partial charge in [-0.25, -0.2) is 0 Å². The number of esters is 1. The van der Waals surface area contributed by atoms with E-state index in [1.807, 2.05) is 34.6 Å². The Labute approximate surface area is 153 Å². The number of rotatable bonds is 9. The topological polar surface area (TPSA) is 81.9 Å². The third-order valence-electron chi connectivity index (χ3n) is 4.50. The van der Waals surface area contributed by atoms with Crippen molar-refractivity contribution in [3.05, 3.63) is 0 Å². The van der Waals surface area contributed by atoms with E-state index in [-0.39, 0.29) is 36.2 Å². The highest BCUT2D eigenvalue weighted by molar-refractivity contribution is 5.82. The lowest BCUT2D eigenvalue weighted by atomic mass is 9.90. The molecule has 0 aliphatic carbocycles. The van der Waals surface area contributed by atoms with Gasteiger partial charge in [0.1, 0.15) is 5.60 Å². The Kier molecular flexibility index (Phi) is 9.66. The molecule has 0 saturated heterocycles. The van der Waals surface area contributed by atoms with Crippen molar-refractivity contribution >= 4 is 11.9 Å². The van der Waals surface area contributed by atoms with E-state index < -0.39 is 17.7 Å². The van der Waals surface area contributed by atoms with Crippen molar-refractivity contribution < 1.29 is 19.1 Å². The highest BCUT2D eigenvalue weighted by Crippen LogP contribution is 2.23. The van der Waals surface area contributed by atoms with Crippen LogP contribution in [0.25, 0.3) is 0 Å². The molecule has 0 saturated carbocycles. The number of carbonyl (C=O) groups excluding carboxylic acids is 2. The molecule has 0 spiro atoms. The number of carbonyl (C=O) groups is 2. The number of ether oxygens (including phenoxy) is 2. The number of likely N-dealkylation sites (N-methyl/N-ethyl adjacent to an activating group) is 1. The predicted octanol–water partition coefficient (Wildman–Crippen LogP) is 2.59. The molecule has 0 bridgehead atoms. The third kappa shape index (κ3) is 7.74. The minimum Gasteiger partial charge on any atom is -0.460 e. The molecule has 0 heterocycles. The minimum atomic E-state index is -0.574. The summed E-state index contributed by atoms with van der Waals surface area (Å²) in [4.78, 5) is 26.6. The van der Waals surface area contributed by atoms with Gasteiger partial charge in [0.2, 0.25) is 5.91 Å². The summed E-state index contributed by atoms with van der Waals surface area (Å²) in [5.74, 6) is -0.270. The van der Waals surface area contributed by atoms with Gasteiger partial charge in [-0.3, -0.25) is 9.59 Å². The van der Waals surface area contributed by atoms with Gasteiger partial charge in [0.05, 0.1) is 24.6 Å². The molecule has 0 aromatic rings. The first-order chi connectivity index (χ1) is 11.4. The maximum Gasteiger partial charge on any atom is 0.309 e. The quantitative estimate of drug-likeness (QED) is 0.641. The molecule has 1 unspecified atom stereocenters. The zero-order valence-electron chi connectivity index (χ0n) is 17.5. The van der Waals surface area contributed by atoms with Crippen LogP contribution in [0.4, 0.5) is 0 Å². The van der Waals surface area contributed by atoms with E-state index in [1.165, 1.54) is 0 Å². The van der Waals surface area contributed by atoms with Crippen LogP contribution in [0.5, 0.6) is 0 Å². The Bertz CT molecular complexity index is 432. The summed E-state index contributed by atoms with van der Waals surface area (Å²) >= 11 is 0. The number of methoxy groups -OCH3 is 1. The lowest BCUT2D eigenvalue weighted by Crippen LogP contribution is -2.55. The smallest absolute Gasteiger partial charge is 0.309 e. The van der Waals surface area contributed by atoms with Crippen LogP contribution in [-0.2, 0) is 19.1 Å². The molecule has 148 valence electrons. The van der Waals surface area contributed by atoms with Crippen molar-refractivity contribution in [1.82, 2.24) is 4.90 Å². The summed E-state index contributed by atoms with van der Waals surface area (Å²) in [6.45, 7) is 13.4. The molecule has 0 aliphatic heterocycles. The van der Waals surface area contributed by atoms with E-state index in [0.717, 1.165) is 6.42 Å². The van der Waals surface area contributed by atoms with Crippen LogP contribution in [-0.4, -0.2) is 54.7 Å². The molecule has 25 heavy (non-hydrogen) atoms. The van der Waals surface area contributed by atoms with Crippen LogP contribution >= 0.6 is 0 Å². The molecular weight excluding hydrogens is 320 g/mol. The fourth-order valence-electron chi connectivity index (χ4n) is 2.80. The lowest BCUT2D eigenvalue weighted by molar-refractivity contribution is -0.160. The van der Waals surface area contributed by atoms with Crippen molar-refractivity contribution in [2.75, 3.05) is 14.2 Å². The van der Waals surface area contributed by atoms with Crippen LogP contribution < -0.4 is 5.73 Å². The molecule has 0 fully saturated rings. The maximum absolute atomic E-state index is 12.7. The average Bonchev–Trinajstić information content (AvgIpc) is 2.49. The van der Waals surface area contributed by atoms with Crippen molar-refractivity contribution in [3.63, 3.8) is 0 Å². The summed E-state index contributed by atoms with van der Waals surface area (Å²) in [7, 11) is 3.30. The first-order valence-corrected chi connectivity index (χ1v) is 9.12. The predicted molar refractivity (Wildman–Crippen MR) is 100 cm³/mol. The summed E-state index contributed by atoms with van der Waals surface area (Å²) < 4.78 is 11.0. The fraction of sp³-hybridized carbons (Fsp3) is 0.895. The fourth-order valence-corrected chi connectivity index (χ4v) is 2.80. The van der Waals surface area contributed by atoms with Crippen molar-refractivity contribution in [2.24, 2.45) is 17.6 Å². The number of amides is 1. The zero-order chi connectivity index (χ0) is 19.9. The van der Waals surface area contributed by atoms with Gasteiger partial charge < -0.3 is 20.1 Å². The van der Waals surface area contributed by atoms with E-state index in [9.17, 15) is 9.59 Å². The number of nitrogens with two attached hydrogens (primary N) is 1. The van der Waals surface area contributed by atoms with Crippen LogP contribution in [0.1, 0.15) is 61.3 Å². The lowest BCUT2D eigenvalue weighted by Gasteiger charge is -2.39. The molecule has 0 aromatic heterocycles. The third-order valence-corrected chi connectivity index (χ3v) is 4.50. The molecule has 1 amide bonds. The summed E-state index contributed by atoms with van der Waals surface area (Å²) in [6, 6.07) is -0.824. The molecular formula is C19H38N2O4. The number of hydrogen-bond acceptors (Lipinski definition) is 5. The Balaban J connectivity index is 5.39. The summed E-state index contributed by atoms with van der Waals surface area (Å²) in [6.07, 6.45) is 0.503.